The summed E-state index contributed by atoms with van der Waals surface area (Å²) < 4.78 is 6.34. The highest BCUT2D eigenvalue weighted by molar-refractivity contribution is 6.09. The summed E-state index contributed by atoms with van der Waals surface area (Å²) in [6.45, 7) is 2.17. The molecule has 202 valence electrons. The fourth-order valence-electron chi connectivity index (χ4n) is 5.42. The predicted molar refractivity (Wildman–Crippen MR) is 151 cm³/mol. The number of hydrogen-bond donors (Lipinski definition) is 5. The van der Waals surface area contributed by atoms with E-state index in [0.717, 1.165) is 28.8 Å². The van der Waals surface area contributed by atoms with Gasteiger partial charge in [0, 0.05) is 48.4 Å². The van der Waals surface area contributed by atoms with Gasteiger partial charge in [0.15, 0.2) is 0 Å². The molecule has 0 bridgehead atoms. The average Bonchev–Trinajstić information content (AvgIpc) is 3.70. The molecule has 0 saturated heterocycles. The quantitative estimate of drug-likeness (QED) is 0.117. The number of hydrogen-bond acceptors (Lipinski definition) is 7. The summed E-state index contributed by atoms with van der Waals surface area (Å²) in [6.07, 6.45) is 9.72. The highest BCUT2D eigenvalue weighted by atomic mass is 16.5. The third kappa shape index (κ3) is 6.75. The number of ether oxygens (including phenoxy) is 1. The molecule has 0 aromatic heterocycles. The van der Waals surface area contributed by atoms with E-state index in [1.807, 2.05) is 42.5 Å². The minimum Gasteiger partial charge on any atom is -0.490 e. The van der Waals surface area contributed by atoms with Crippen LogP contribution in [-0.2, 0) is 4.79 Å². The van der Waals surface area contributed by atoms with Gasteiger partial charge in [-0.25, -0.2) is 10.6 Å². The maximum Gasteiger partial charge on any atom is 0.339 e. The summed E-state index contributed by atoms with van der Waals surface area (Å²) >= 11 is 0. The van der Waals surface area contributed by atoms with Crippen LogP contribution in [0, 0.1) is 23.2 Å². The van der Waals surface area contributed by atoms with Crippen LogP contribution < -0.4 is 21.6 Å². The number of nitrogens with one attached hydrogen (secondary N) is 2. The number of benzene rings is 2. The van der Waals surface area contributed by atoms with Crippen LogP contribution in [0.5, 0.6) is 5.75 Å². The topological polar surface area (TPSA) is 138 Å². The summed E-state index contributed by atoms with van der Waals surface area (Å²) in [5.41, 5.74) is 9.90. The van der Waals surface area contributed by atoms with E-state index in [4.69, 9.17) is 21.7 Å². The second kappa shape index (κ2) is 12.2. The number of carbonyl (C=O) groups is 1. The largest absolute Gasteiger partial charge is 0.490 e. The van der Waals surface area contributed by atoms with E-state index in [1.54, 1.807) is 13.2 Å². The molecule has 8 nitrogen and oxygen atoms in total. The van der Waals surface area contributed by atoms with Crippen LogP contribution in [0.2, 0.25) is 0 Å². The molecule has 2 saturated carbocycles. The van der Waals surface area contributed by atoms with Crippen LogP contribution in [0.15, 0.2) is 71.7 Å². The van der Waals surface area contributed by atoms with Crippen molar-refractivity contribution in [1.29, 1.82) is 5.41 Å². The highest BCUT2D eigenvalue weighted by Crippen LogP contribution is 2.48. The van der Waals surface area contributed by atoms with Gasteiger partial charge in [-0.05, 0) is 67.5 Å². The van der Waals surface area contributed by atoms with Gasteiger partial charge in [-0.1, -0.05) is 43.5 Å². The molecule has 7 N–H and O–H groups in total. The lowest BCUT2D eigenvalue weighted by Gasteiger charge is -2.28. The summed E-state index contributed by atoms with van der Waals surface area (Å²) in [7, 11) is 1.68. The summed E-state index contributed by atoms with van der Waals surface area (Å²) in [4.78, 5) is 11.9. The van der Waals surface area contributed by atoms with E-state index in [1.165, 1.54) is 37.1 Å². The lowest BCUT2D eigenvalue weighted by atomic mass is 9.86. The SMILES string of the molecule is CC(Oc1cccc(-c2cccc(N/C(=C(\C=N)C(=O)O)[C@@H]3CC3/C(N)=C/N(C)N)c2)c1)C1CCCCC1. The van der Waals surface area contributed by atoms with Crippen molar-refractivity contribution in [3.8, 4) is 16.9 Å². The van der Waals surface area contributed by atoms with Gasteiger partial charge in [0.1, 0.15) is 5.75 Å². The van der Waals surface area contributed by atoms with Crippen LogP contribution in [0.25, 0.3) is 11.1 Å². The Kier molecular flexibility index (Phi) is 8.73. The van der Waals surface area contributed by atoms with E-state index < -0.39 is 5.97 Å². The van der Waals surface area contributed by atoms with Gasteiger partial charge in [0.2, 0.25) is 0 Å². The molecule has 2 aromatic carbocycles. The number of allylic oxidation sites excluding steroid dienone is 2. The number of nitrogens with two attached hydrogens (primary N) is 2. The molecular weight excluding hydrogens is 478 g/mol. The fourth-order valence-corrected chi connectivity index (χ4v) is 5.42. The first-order chi connectivity index (χ1) is 18.3. The Bertz CT molecular complexity index is 1220. The molecule has 2 aromatic rings. The van der Waals surface area contributed by atoms with Crippen LogP contribution >= 0.6 is 0 Å². The van der Waals surface area contributed by atoms with Gasteiger partial charge < -0.3 is 31.3 Å². The van der Waals surface area contributed by atoms with E-state index >= 15 is 0 Å². The molecule has 2 unspecified atom stereocenters. The molecule has 38 heavy (non-hydrogen) atoms. The summed E-state index contributed by atoms with van der Waals surface area (Å²) in [5.74, 6) is 5.81. The Hall–Kier alpha value is -3.78. The smallest absolute Gasteiger partial charge is 0.339 e. The van der Waals surface area contributed by atoms with Crippen molar-refractivity contribution < 1.29 is 14.6 Å². The van der Waals surface area contributed by atoms with Crippen LogP contribution in [-0.4, -0.2) is 35.5 Å². The second-order valence-corrected chi connectivity index (χ2v) is 10.5. The van der Waals surface area contributed by atoms with Crippen molar-refractivity contribution >= 4 is 17.9 Å². The number of aliphatic carboxylic acids is 1. The number of carboxylic acid groups (broad SMARTS) is 1. The van der Waals surface area contributed by atoms with E-state index in [0.29, 0.717) is 23.7 Å². The predicted octanol–water partition coefficient (Wildman–Crippen LogP) is 5.34. The first-order valence-electron chi connectivity index (χ1n) is 13.3. The molecule has 0 aliphatic heterocycles. The normalized spacial score (nSPS) is 21.2. The molecule has 0 spiro atoms. The van der Waals surface area contributed by atoms with Gasteiger partial charge in [-0.2, -0.15) is 0 Å². The molecule has 3 atom stereocenters. The maximum absolute atomic E-state index is 11.9. The number of hydrazine groups is 1. The number of carboxylic acids is 1. The van der Waals surface area contributed by atoms with Crippen molar-refractivity contribution in [2.75, 3.05) is 12.4 Å². The molecule has 2 aliphatic rings. The first kappa shape index (κ1) is 27.3. The fraction of sp³-hybridized carbons (Fsp3) is 0.400. The number of nitrogens with zero attached hydrogens (tertiary/aromatic N) is 1. The number of rotatable bonds is 11. The summed E-state index contributed by atoms with van der Waals surface area (Å²) in [6, 6.07) is 15.9. The molecule has 0 radical (unpaired) electrons. The minimum absolute atomic E-state index is 0.0408. The van der Waals surface area contributed by atoms with Crippen molar-refractivity contribution in [3.05, 3.63) is 71.7 Å². The molecule has 8 heteroatoms. The molecule has 4 rings (SSSR count). The van der Waals surface area contributed by atoms with Gasteiger partial charge in [0.05, 0.1) is 11.7 Å². The Morgan fingerprint density at radius 3 is 2.47 bits per heavy atom. The maximum atomic E-state index is 11.9. The second-order valence-electron chi connectivity index (χ2n) is 10.5. The summed E-state index contributed by atoms with van der Waals surface area (Å²) in [5, 5.41) is 22.2. The van der Waals surface area contributed by atoms with Crippen LogP contribution in [0.1, 0.15) is 45.4 Å². The third-order valence-corrected chi connectivity index (χ3v) is 7.55. The lowest BCUT2D eigenvalue weighted by Crippen LogP contribution is -2.25. The first-order valence-corrected chi connectivity index (χ1v) is 13.3. The highest BCUT2D eigenvalue weighted by Gasteiger charge is 2.44. The van der Waals surface area contributed by atoms with Gasteiger partial charge in [-0.15, -0.1) is 0 Å². The van der Waals surface area contributed by atoms with E-state index in [2.05, 4.69) is 18.3 Å². The van der Waals surface area contributed by atoms with Crippen LogP contribution in [0.3, 0.4) is 0 Å². The minimum atomic E-state index is -1.15. The standard InChI is InChI=1S/C30H39N5O3/c1-19(20-8-4-3-5-9-20)38-24-13-7-11-22(15-24)21-10-6-12-23(14-21)34-29(27(17-31)30(36)37)26-16-25(26)28(32)18-35(2)33/h6-7,10-15,17-20,25-26,31,34H,3-5,8-9,16,32-33H2,1-2H3,(H,36,37)/b28-18-,29-27+,31-17?/t19?,25?,26-/m1/s1. The zero-order valence-corrected chi connectivity index (χ0v) is 22.2. The van der Waals surface area contributed by atoms with Gasteiger partial charge in [-0.3, -0.25) is 0 Å². The lowest BCUT2D eigenvalue weighted by molar-refractivity contribution is -0.132. The van der Waals surface area contributed by atoms with E-state index in [9.17, 15) is 9.90 Å². The monoisotopic (exact) mass is 517 g/mol. The Labute approximate surface area is 224 Å². The Balaban J connectivity index is 1.54. The zero-order valence-electron chi connectivity index (χ0n) is 22.2. The van der Waals surface area contributed by atoms with Gasteiger partial charge >= 0.3 is 5.97 Å². The van der Waals surface area contributed by atoms with Crippen molar-refractivity contribution in [1.82, 2.24) is 5.01 Å². The third-order valence-electron chi connectivity index (χ3n) is 7.55. The van der Waals surface area contributed by atoms with Crippen molar-refractivity contribution in [2.24, 2.45) is 29.3 Å². The molecule has 2 fully saturated rings. The number of anilines is 1. The van der Waals surface area contributed by atoms with E-state index in [-0.39, 0.29) is 23.5 Å². The molecule has 2 aliphatic carbocycles. The average molecular weight is 518 g/mol. The molecule has 0 heterocycles. The zero-order chi connectivity index (χ0) is 27.2. The van der Waals surface area contributed by atoms with Crippen LogP contribution in [0.4, 0.5) is 5.69 Å². The van der Waals surface area contributed by atoms with Crippen molar-refractivity contribution in [3.63, 3.8) is 0 Å². The molecule has 0 amide bonds. The Morgan fingerprint density at radius 1 is 1.13 bits per heavy atom. The van der Waals surface area contributed by atoms with Crippen molar-refractivity contribution in [2.45, 2.75) is 51.6 Å². The Morgan fingerprint density at radius 2 is 1.82 bits per heavy atom. The molecular formula is C30H39N5O3. The van der Waals surface area contributed by atoms with Gasteiger partial charge in [0.25, 0.3) is 0 Å².